The fraction of sp³-hybridized carbons (Fsp3) is 0.235. The molecule has 0 aliphatic carbocycles. The molecule has 5 nitrogen and oxygen atoms in total. The van der Waals surface area contributed by atoms with Crippen molar-refractivity contribution in [2.75, 3.05) is 6.54 Å². The van der Waals surface area contributed by atoms with Crippen LogP contribution in [0, 0.1) is 0 Å². The number of carbonyl (C=O) groups is 1. The van der Waals surface area contributed by atoms with Crippen LogP contribution in [0.4, 0.5) is 0 Å². The number of amides is 1. The molecule has 24 heavy (non-hydrogen) atoms. The lowest BCUT2D eigenvalue weighted by Gasteiger charge is -2.08. The van der Waals surface area contributed by atoms with E-state index in [9.17, 15) is 9.00 Å². The first kappa shape index (κ1) is 18.6. The minimum Gasteiger partial charge on any atom is -0.392 e. The number of benzene rings is 2. The van der Waals surface area contributed by atoms with Gasteiger partial charge in [0.25, 0.3) is 5.91 Å². The fourth-order valence-corrected chi connectivity index (χ4v) is 2.88. The van der Waals surface area contributed by atoms with E-state index in [1.807, 2.05) is 0 Å². The Morgan fingerprint density at radius 3 is 2.38 bits per heavy atom. The molecule has 1 amide bonds. The monoisotopic (exact) mass is 366 g/mol. The van der Waals surface area contributed by atoms with Gasteiger partial charge < -0.3 is 10.4 Å². The third kappa shape index (κ3) is 5.72. The number of aliphatic hydroxyl groups is 1. The maximum atomic E-state index is 12.1. The Labute approximate surface area is 148 Å². The van der Waals surface area contributed by atoms with Crippen LogP contribution in [-0.4, -0.2) is 27.9 Å². The molecule has 0 saturated carbocycles. The van der Waals surface area contributed by atoms with Crippen molar-refractivity contribution in [1.82, 2.24) is 10.0 Å². The predicted molar refractivity (Wildman–Crippen MR) is 95.2 cm³/mol. The van der Waals surface area contributed by atoms with Crippen LogP contribution in [0.3, 0.4) is 0 Å². The summed E-state index contributed by atoms with van der Waals surface area (Å²) < 4.78 is 15.0. The van der Waals surface area contributed by atoms with Gasteiger partial charge in [0.2, 0.25) is 0 Å². The highest BCUT2D eigenvalue weighted by Crippen LogP contribution is 2.12. The molecule has 0 spiro atoms. The first-order chi connectivity index (χ1) is 11.5. The summed E-state index contributed by atoms with van der Waals surface area (Å²) in [4.78, 5) is 12.5. The number of halogens is 1. The number of hydrogen-bond acceptors (Lipinski definition) is 3. The second-order valence-electron chi connectivity index (χ2n) is 5.30. The Kier molecular flexibility index (Phi) is 6.93. The number of carbonyl (C=O) groups excluding carboxylic acids is 1. The van der Waals surface area contributed by atoms with E-state index in [4.69, 9.17) is 16.7 Å². The lowest BCUT2D eigenvalue weighted by atomic mass is 10.1. The summed E-state index contributed by atoms with van der Waals surface area (Å²) in [5.41, 5.74) is 1.42. The average Bonchev–Trinajstić information content (AvgIpc) is 2.58. The van der Waals surface area contributed by atoms with E-state index < -0.39 is 17.1 Å². The minimum atomic E-state index is -1.33. The quantitative estimate of drug-likeness (QED) is 0.703. The highest BCUT2D eigenvalue weighted by atomic mass is 35.5. The van der Waals surface area contributed by atoms with Gasteiger partial charge in [0.05, 0.1) is 11.0 Å². The van der Waals surface area contributed by atoms with Gasteiger partial charge in [0, 0.05) is 23.7 Å². The molecule has 2 rings (SSSR count). The summed E-state index contributed by atoms with van der Waals surface area (Å²) in [7, 11) is -1.33. The van der Waals surface area contributed by atoms with Gasteiger partial charge in [-0.1, -0.05) is 23.7 Å². The molecule has 0 radical (unpaired) electrons. The van der Waals surface area contributed by atoms with Crippen LogP contribution in [0.25, 0.3) is 0 Å². The van der Waals surface area contributed by atoms with Gasteiger partial charge in [0.15, 0.2) is 0 Å². The van der Waals surface area contributed by atoms with E-state index in [2.05, 4.69) is 10.0 Å². The van der Waals surface area contributed by atoms with Crippen molar-refractivity contribution in [3.63, 3.8) is 0 Å². The summed E-state index contributed by atoms with van der Waals surface area (Å²) >= 11 is 5.80. The standard InChI is InChI=1S/C17H19ClN2O3S/c1-12(21)10-19-17(22)14-4-2-13(3-5-14)11-20-24(23)16-8-6-15(18)7-9-16/h2-9,12,20-21H,10-11H2,1H3,(H,19,22). The third-order valence-corrected chi connectivity index (χ3v) is 4.57. The fourth-order valence-electron chi connectivity index (χ4n) is 1.91. The Balaban J connectivity index is 1.88. The largest absolute Gasteiger partial charge is 0.392 e. The molecular weight excluding hydrogens is 348 g/mol. The van der Waals surface area contributed by atoms with Gasteiger partial charge in [-0.2, -0.15) is 0 Å². The maximum absolute atomic E-state index is 12.1. The van der Waals surface area contributed by atoms with Crippen LogP contribution >= 0.6 is 11.6 Å². The Morgan fingerprint density at radius 2 is 1.79 bits per heavy atom. The van der Waals surface area contributed by atoms with E-state index in [-0.39, 0.29) is 12.5 Å². The lowest BCUT2D eigenvalue weighted by Crippen LogP contribution is -2.30. The lowest BCUT2D eigenvalue weighted by molar-refractivity contribution is 0.0924. The molecule has 0 heterocycles. The van der Waals surface area contributed by atoms with Crippen LogP contribution in [0.1, 0.15) is 22.8 Å². The van der Waals surface area contributed by atoms with Gasteiger partial charge in [0.1, 0.15) is 11.0 Å². The highest BCUT2D eigenvalue weighted by molar-refractivity contribution is 7.83. The molecule has 7 heteroatoms. The smallest absolute Gasteiger partial charge is 0.251 e. The summed E-state index contributed by atoms with van der Waals surface area (Å²) in [5.74, 6) is -0.236. The number of aliphatic hydroxyl groups excluding tert-OH is 1. The Bertz CT molecular complexity index is 703. The van der Waals surface area contributed by atoms with Gasteiger partial charge in [-0.3, -0.25) is 4.79 Å². The van der Waals surface area contributed by atoms with Crippen molar-refractivity contribution in [3.05, 3.63) is 64.7 Å². The predicted octanol–water partition coefficient (Wildman–Crippen LogP) is 2.26. The van der Waals surface area contributed by atoms with Crippen molar-refractivity contribution < 1.29 is 14.1 Å². The molecule has 2 aromatic carbocycles. The van der Waals surface area contributed by atoms with Gasteiger partial charge in [-0.05, 0) is 48.9 Å². The topological polar surface area (TPSA) is 78.4 Å². The van der Waals surface area contributed by atoms with Crippen LogP contribution in [0.5, 0.6) is 0 Å². The summed E-state index contributed by atoms with van der Waals surface area (Å²) in [6, 6.07) is 13.8. The van der Waals surface area contributed by atoms with E-state index in [0.717, 1.165) is 5.56 Å². The molecule has 2 atom stereocenters. The van der Waals surface area contributed by atoms with Gasteiger partial charge in [-0.25, -0.2) is 8.93 Å². The second kappa shape index (κ2) is 8.94. The zero-order chi connectivity index (χ0) is 17.5. The molecule has 3 N–H and O–H groups in total. The van der Waals surface area contributed by atoms with E-state index >= 15 is 0 Å². The zero-order valence-electron chi connectivity index (χ0n) is 13.2. The Hall–Kier alpha value is -1.73. The molecule has 0 aliphatic heterocycles. The molecule has 2 aromatic rings. The molecule has 0 saturated heterocycles. The normalized spacial score (nSPS) is 13.3. The summed E-state index contributed by atoms with van der Waals surface area (Å²) in [6.07, 6.45) is -0.583. The maximum Gasteiger partial charge on any atom is 0.251 e. The number of hydrogen-bond donors (Lipinski definition) is 3. The summed E-state index contributed by atoms with van der Waals surface area (Å²) in [6.45, 7) is 2.23. The van der Waals surface area contributed by atoms with Crippen molar-refractivity contribution in [2.45, 2.75) is 24.5 Å². The molecule has 2 unspecified atom stereocenters. The van der Waals surface area contributed by atoms with Gasteiger partial charge >= 0.3 is 0 Å². The first-order valence-electron chi connectivity index (χ1n) is 7.42. The van der Waals surface area contributed by atoms with E-state index in [1.54, 1.807) is 55.5 Å². The number of rotatable bonds is 7. The molecule has 128 valence electrons. The summed E-state index contributed by atoms with van der Waals surface area (Å²) in [5, 5.41) is 12.4. The van der Waals surface area contributed by atoms with Crippen molar-refractivity contribution in [3.8, 4) is 0 Å². The third-order valence-electron chi connectivity index (χ3n) is 3.21. The van der Waals surface area contributed by atoms with Crippen molar-refractivity contribution in [2.24, 2.45) is 0 Å². The van der Waals surface area contributed by atoms with Crippen molar-refractivity contribution >= 4 is 28.5 Å². The molecule has 0 fully saturated rings. The van der Waals surface area contributed by atoms with E-state index in [1.165, 1.54) is 0 Å². The van der Waals surface area contributed by atoms with Crippen molar-refractivity contribution in [1.29, 1.82) is 0 Å². The minimum absolute atomic E-state index is 0.211. The molecule has 0 aromatic heterocycles. The SMILES string of the molecule is CC(O)CNC(=O)c1ccc(CNS(=O)c2ccc(Cl)cc2)cc1. The molecule has 0 aliphatic rings. The van der Waals surface area contributed by atoms with Crippen LogP contribution in [-0.2, 0) is 17.5 Å². The highest BCUT2D eigenvalue weighted by Gasteiger charge is 2.07. The van der Waals surface area contributed by atoms with E-state index in [0.29, 0.717) is 22.0 Å². The first-order valence-corrected chi connectivity index (χ1v) is 8.94. The van der Waals surface area contributed by atoms with Crippen LogP contribution in [0.15, 0.2) is 53.4 Å². The molecular formula is C17H19ClN2O3S. The second-order valence-corrected chi connectivity index (χ2v) is 7.03. The zero-order valence-corrected chi connectivity index (χ0v) is 14.7. The van der Waals surface area contributed by atoms with Gasteiger partial charge in [-0.15, -0.1) is 0 Å². The number of nitrogens with one attached hydrogen (secondary N) is 2. The molecule has 0 bridgehead atoms. The van der Waals surface area contributed by atoms with Crippen LogP contribution in [0.2, 0.25) is 5.02 Å². The Morgan fingerprint density at radius 1 is 1.17 bits per heavy atom. The average molecular weight is 367 g/mol. The van der Waals surface area contributed by atoms with Crippen LogP contribution < -0.4 is 10.0 Å².